The number of nitrogens with two attached hydrogens (primary N) is 1. The number of aromatic nitrogens is 2. The van der Waals surface area contributed by atoms with E-state index in [0.29, 0.717) is 17.5 Å². The van der Waals surface area contributed by atoms with Crippen molar-refractivity contribution in [1.82, 2.24) is 9.78 Å². The highest BCUT2D eigenvalue weighted by Gasteiger charge is 2.17. The first-order valence-electron chi connectivity index (χ1n) is 5.95. The molecule has 0 aliphatic carbocycles. The van der Waals surface area contributed by atoms with Crippen molar-refractivity contribution in [1.29, 1.82) is 0 Å². The minimum atomic E-state index is 0.146. The quantitative estimate of drug-likeness (QED) is 0.837. The van der Waals surface area contributed by atoms with Gasteiger partial charge in [-0.2, -0.15) is 5.10 Å². The molecule has 0 amide bonds. The minimum absolute atomic E-state index is 0.146. The first kappa shape index (κ1) is 12.9. The van der Waals surface area contributed by atoms with E-state index in [-0.39, 0.29) is 6.10 Å². The molecule has 16 heavy (non-hydrogen) atoms. The second kappa shape index (κ2) is 5.23. The van der Waals surface area contributed by atoms with E-state index in [1.165, 1.54) is 0 Å². The summed E-state index contributed by atoms with van der Waals surface area (Å²) in [5.41, 5.74) is 7.66. The molecular formula is C12H23N3O. The Morgan fingerprint density at radius 2 is 2.00 bits per heavy atom. The van der Waals surface area contributed by atoms with Gasteiger partial charge in [-0.15, -0.1) is 0 Å². The lowest BCUT2D eigenvalue weighted by atomic mass is 10.1. The zero-order valence-electron chi connectivity index (χ0n) is 10.9. The van der Waals surface area contributed by atoms with Crippen molar-refractivity contribution in [3.05, 3.63) is 5.69 Å². The number of anilines is 1. The number of nitrogen functional groups attached to an aromatic ring is 1. The van der Waals surface area contributed by atoms with E-state index in [0.717, 1.165) is 18.5 Å². The van der Waals surface area contributed by atoms with Gasteiger partial charge >= 0.3 is 0 Å². The fourth-order valence-corrected chi connectivity index (χ4v) is 1.45. The van der Waals surface area contributed by atoms with Crippen LogP contribution >= 0.6 is 0 Å². The minimum Gasteiger partial charge on any atom is -0.473 e. The topological polar surface area (TPSA) is 53.1 Å². The van der Waals surface area contributed by atoms with Gasteiger partial charge in [0.25, 0.3) is 0 Å². The third kappa shape index (κ3) is 2.68. The van der Waals surface area contributed by atoms with Gasteiger partial charge in [0.15, 0.2) is 0 Å². The molecule has 0 aliphatic rings. The number of hydrogen-bond donors (Lipinski definition) is 1. The maximum atomic E-state index is 6.03. The molecule has 1 unspecified atom stereocenters. The van der Waals surface area contributed by atoms with Crippen LogP contribution in [-0.2, 0) is 13.5 Å². The molecule has 0 saturated carbocycles. The van der Waals surface area contributed by atoms with Crippen LogP contribution in [0.3, 0.4) is 0 Å². The van der Waals surface area contributed by atoms with Gasteiger partial charge in [0.05, 0.1) is 11.8 Å². The van der Waals surface area contributed by atoms with E-state index >= 15 is 0 Å². The van der Waals surface area contributed by atoms with Crippen LogP contribution < -0.4 is 10.5 Å². The highest BCUT2D eigenvalue weighted by Crippen LogP contribution is 2.27. The Kier molecular flexibility index (Phi) is 4.21. The summed E-state index contributed by atoms with van der Waals surface area (Å²) in [5.74, 6) is 1.16. The fourth-order valence-electron chi connectivity index (χ4n) is 1.45. The van der Waals surface area contributed by atoms with E-state index < -0.39 is 0 Å². The first-order valence-corrected chi connectivity index (χ1v) is 5.95. The second-order valence-corrected chi connectivity index (χ2v) is 4.61. The molecule has 2 N–H and O–H groups in total. The molecular weight excluding hydrogens is 202 g/mol. The highest BCUT2D eigenvalue weighted by atomic mass is 16.5. The van der Waals surface area contributed by atoms with Crippen LogP contribution in [0.25, 0.3) is 0 Å². The molecule has 1 atom stereocenters. The number of nitrogens with zero attached hydrogens (tertiary/aromatic N) is 2. The van der Waals surface area contributed by atoms with E-state index in [9.17, 15) is 0 Å². The smallest absolute Gasteiger partial charge is 0.236 e. The normalized spacial score (nSPS) is 13.1. The standard InChI is InChI=1S/C12H23N3O/c1-6-7-10-11(13)12(15(5)14-10)16-9(4)8(2)3/h8-9H,6-7,13H2,1-5H3. The Balaban J connectivity index is 2.87. The van der Waals surface area contributed by atoms with Crippen molar-refractivity contribution in [3.8, 4) is 5.88 Å². The largest absolute Gasteiger partial charge is 0.473 e. The number of ether oxygens (including phenoxy) is 1. The Bertz CT molecular complexity index is 344. The maximum Gasteiger partial charge on any atom is 0.236 e. The lowest BCUT2D eigenvalue weighted by molar-refractivity contribution is 0.157. The van der Waals surface area contributed by atoms with E-state index in [2.05, 4.69) is 32.8 Å². The summed E-state index contributed by atoms with van der Waals surface area (Å²) in [4.78, 5) is 0. The number of rotatable bonds is 5. The van der Waals surface area contributed by atoms with Crippen LogP contribution in [0, 0.1) is 5.92 Å². The van der Waals surface area contributed by atoms with Crippen LogP contribution in [0.15, 0.2) is 0 Å². The van der Waals surface area contributed by atoms with E-state index in [1.807, 2.05) is 7.05 Å². The molecule has 0 radical (unpaired) electrons. The van der Waals surface area contributed by atoms with Crippen LogP contribution in [0.5, 0.6) is 5.88 Å². The second-order valence-electron chi connectivity index (χ2n) is 4.61. The molecule has 1 aromatic rings. The summed E-state index contributed by atoms with van der Waals surface area (Å²) in [6.45, 7) is 8.43. The molecule has 0 fully saturated rings. The Labute approximate surface area is 97.8 Å². The van der Waals surface area contributed by atoms with Crippen molar-refractivity contribution in [2.75, 3.05) is 5.73 Å². The average molecular weight is 225 g/mol. The lowest BCUT2D eigenvalue weighted by Crippen LogP contribution is -2.20. The molecule has 1 aromatic heterocycles. The Hall–Kier alpha value is -1.19. The SMILES string of the molecule is CCCc1nn(C)c(OC(C)C(C)C)c1N. The van der Waals surface area contributed by atoms with Gasteiger partial charge in [0, 0.05) is 7.05 Å². The molecule has 92 valence electrons. The maximum absolute atomic E-state index is 6.03. The summed E-state index contributed by atoms with van der Waals surface area (Å²) >= 11 is 0. The average Bonchev–Trinajstić information content (AvgIpc) is 2.46. The first-order chi connectivity index (χ1) is 7.47. The van der Waals surface area contributed by atoms with Crippen molar-refractivity contribution in [2.45, 2.75) is 46.6 Å². The molecule has 4 heteroatoms. The van der Waals surface area contributed by atoms with Gasteiger partial charge in [-0.05, 0) is 19.3 Å². The van der Waals surface area contributed by atoms with Gasteiger partial charge in [-0.1, -0.05) is 27.2 Å². The third-order valence-corrected chi connectivity index (χ3v) is 2.83. The molecule has 0 saturated heterocycles. The summed E-state index contributed by atoms with van der Waals surface area (Å²) < 4.78 is 7.58. The molecule has 0 aliphatic heterocycles. The predicted molar refractivity (Wildman–Crippen MR) is 66.5 cm³/mol. The van der Waals surface area contributed by atoms with Crippen molar-refractivity contribution < 1.29 is 4.74 Å². The van der Waals surface area contributed by atoms with Gasteiger partial charge in [0.1, 0.15) is 5.69 Å². The predicted octanol–water partition coefficient (Wildman–Crippen LogP) is 2.38. The van der Waals surface area contributed by atoms with Crippen LogP contribution in [0.4, 0.5) is 5.69 Å². The Morgan fingerprint density at radius 3 is 2.50 bits per heavy atom. The van der Waals surface area contributed by atoms with Gasteiger partial charge in [-0.25, -0.2) is 4.68 Å². The third-order valence-electron chi connectivity index (χ3n) is 2.83. The van der Waals surface area contributed by atoms with E-state index in [1.54, 1.807) is 4.68 Å². The van der Waals surface area contributed by atoms with Crippen LogP contribution in [-0.4, -0.2) is 15.9 Å². The number of aryl methyl sites for hydroxylation is 2. The lowest BCUT2D eigenvalue weighted by Gasteiger charge is -2.18. The van der Waals surface area contributed by atoms with Gasteiger partial charge in [-0.3, -0.25) is 0 Å². The van der Waals surface area contributed by atoms with Crippen molar-refractivity contribution in [2.24, 2.45) is 13.0 Å². The zero-order valence-corrected chi connectivity index (χ0v) is 10.9. The van der Waals surface area contributed by atoms with E-state index in [4.69, 9.17) is 10.5 Å². The van der Waals surface area contributed by atoms with Crippen molar-refractivity contribution >= 4 is 5.69 Å². The molecule has 0 bridgehead atoms. The highest BCUT2D eigenvalue weighted by molar-refractivity contribution is 5.53. The van der Waals surface area contributed by atoms with Crippen molar-refractivity contribution in [3.63, 3.8) is 0 Å². The fraction of sp³-hybridized carbons (Fsp3) is 0.750. The molecule has 0 aromatic carbocycles. The zero-order chi connectivity index (χ0) is 12.3. The summed E-state index contributed by atoms with van der Waals surface area (Å²) in [6, 6.07) is 0. The van der Waals surface area contributed by atoms with Gasteiger partial charge < -0.3 is 10.5 Å². The molecule has 1 rings (SSSR count). The Morgan fingerprint density at radius 1 is 1.38 bits per heavy atom. The summed E-state index contributed by atoms with van der Waals surface area (Å²) in [5, 5.41) is 4.38. The monoisotopic (exact) mass is 225 g/mol. The molecule has 1 heterocycles. The molecule has 0 spiro atoms. The summed E-state index contributed by atoms with van der Waals surface area (Å²) in [6.07, 6.45) is 2.09. The van der Waals surface area contributed by atoms with Crippen LogP contribution in [0.2, 0.25) is 0 Å². The van der Waals surface area contributed by atoms with Gasteiger partial charge in [0.2, 0.25) is 5.88 Å². The molecule has 4 nitrogen and oxygen atoms in total. The summed E-state index contributed by atoms with van der Waals surface area (Å²) in [7, 11) is 1.87. The van der Waals surface area contributed by atoms with Crippen LogP contribution in [0.1, 0.15) is 39.8 Å². The number of hydrogen-bond acceptors (Lipinski definition) is 3.